The summed E-state index contributed by atoms with van der Waals surface area (Å²) in [6.07, 6.45) is 10.1. The highest BCUT2D eigenvalue weighted by Crippen LogP contribution is 2.56. The van der Waals surface area contributed by atoms with Crippen molar-refractivity contribution in [3.63, 3.8) is 0 Å². The first-order chi connectivity index (χ1) is 13.0. The Morgan fingerprint density at radius 3 is 1.85 bits per heavy atom. The number of rotatable bonds is 3. The van der Waals surface area contributed by atoms with Gasteiger partial charge < -0.3 is 0 Å². The molecule has 0 radical (unpaired) electrons. The van der Waals surface area contributed by atoms with E-state index in [1.807, 2.05) is 0 Å². The summed E-state index contributed by atoms with van der Waals surface area (Å²) in [4.78, 5) is 0. The third-order valence-corrected chi connectivity index (χ3v) is 6.15. The second kappa shape index (κ2) is 5.61. The van der Waals surface area contributed by atoms with Crippen LogP contribution in [-0.2, 0) is 0 Å². The van der Waals surface area contributed by atoms with Gasteiger partial charge in [-0.1, -0.05) is 59.3 Å². The zero-order chi connectivity index (χ0) is 18.8. The zero-order valence-electron chi connectivity index (χ0n) is 16.5. The molecule has 2 bridgehead atoms. The molecule has 2 aromatic carbocycles. The van der Waals surface area contributed by atoms with Crippen molar-refractivity contribution < 1.29 is 0 Å². The predicted octanol–water partition coefficient (Wildman–Crippen LogP) is 5.71. The monoisotopic (exact) mass is 356 g/mol. The summed E-state index contributed by atoms with van der Waals surface area (Å²) in [6, 6.07) is 13.3. The fourth-order valence-electron chi connectivity index (χ4n) is 5.05. The van der Waals surface area contributed by atoms with Crippen LogP contribution < -0.4 is 4.70 Å². The fourth-order valence-corrected chi connectivity index (χ4v) is 5.05. The van der Waals surface area contributed by atoms with Gasteiger partial charge in [-0.3, -0.25) is 0 Å². The van der Waals surface area contributed by atoms with Crippen LogP contribution in [0.4, 0.5) is 11.4 Å². The van der Waals surface area contributed by atoms with Crippen LogP contribution in [0.3, 0.4) is 0 Å². The molecule has 0 saturated carbocycles. The number of aryl methyl sites for hydroxylation is 4. The quantitative estimate of drug-likeness (QED) is 0.650. The van der Waals surface area contributed by atoms with Crippen molar-refractivity contribution in [1.29, 1.82) is 0 Å². The molecule has 1 fully saturated rings. The van der Waals surface area contributed by atoms with Crippen LogP contribution in [0, 0.1) is 27.7 Å². The molecule has 1 aliphatic carbocycles. The molecule has 3 heteroatoms. The lowest BCUT2D eigenvalue weighted by Crippen LogP contribution is -2.74. The summed E-state index contributed by atoms with van der Waals surface area (Å²) in [5, 5.41) is 5.04. The highest BCUT2D eigenvalue weighted by atomic mass is 16.1. The molecule has 0 spiro atoms. The van der Waals surface area contributed by atoms with Gasteiger partial charge in [0.05, 0.1) is 6.20 Å². The second-order valence-electron chi connectivity index (χ2n) is 7.90. The summed E-state index contributed by atoms with van der Waals surface area (Å²) >= 11 is 0. The Morgan fingerprint density at radius 2 is 1.37 bits per heavy atom. The predicted molar refractivity (Wildman–Crippen MR) is 112 cm³/mol. The van der Waals surface area contributed by atoms with E-state index in [-0.39, 0.29) is 0 Å². The molecule has 0 amide bonds. The second-order valence-corrected chi connectivity index (χ2v) is 7.90. The van der Waals surface area contributed by atoms with Gasteiger partial charge in [0.25, 0.3) is 0 Å². The molecule has 3 heterocycles. The van der Waals surface area contributed by atoms with Gasteiger partial charge in [-0.2, -0.15) is 10.0 Å². The van der Waals surface area contributed by atoms with E-state index in [4.69, 9.17) is 0 Å². The Bertz CT molecular complexity index is 950. The summed E-state index contributed by atoms with van der Waals surface area (Å²) in [6.45, 7) is 9.91. The van der Waals surface area contributed by atoms with Gasteiger partial charge in [-0.15, -0.1) is 0 Å². The van der Waals surface area contributed by atoms with Crippen molar-refractivity contribution in [2.24, 2.45) is 0 Å². The number of hydrogen-bond donors (Lipinski definition) is 0. The van der Waals surface area contributed by atoms with Gasteiger partial charge in [0.2, 0.25) is 0 Å². The standard InChI is InChI=1S/C24H26N3/c1-17-9-7-10-18(2)23(17)27(24-19(3)11-8-12-20(24)4)25-15-22(26(27)16-25)21-13-5-6-14-21/h5-13,15H,14,16H2,1-4H3/q+1. The van der Waals surface area contributed by atoms with E-state index in [9.17, 15) is 0 Å². The lowest BCUT2D eigenvalue weighted by Gasteiger charge is -2.55. The largest absolute Gasteiger partial charge is 0.194 e. The number of para-hydroxylation sites is 2. The first kappa shape index (κ1) is 16.4. The minimum absolute atomic E-state index is 0.670. The highest BCUT2D eigenvalue weighted by molar-refractivity contribution is 5.71. The normalized spacial score (nSPS) is 19.3. The molecular weight excluding hydrogens is 330 g/mol. The third-order valence-electron chi connectivity index (χ3n) is 6.15. The van der Waals surface area contributed by atoms with Crippen molar-refractivity contribution in [2.75, 3.05) is 6.67 Å². The Labute approximate surface area is 161 Å². The smallest absolute Gasteiger partial charge is 0.169 e. The van der Waals surface area contributed by atoms with E-state index in [1.54, 1.807) is 0 Å². The number of benzene rings is 2. The lowest BCUT2D eigenvalue weighted by molar-refractivity contribution is -0.187. The lowest BCUT2D eigenvalue weighted by atomic mass is 10.0. The van der Waals surface area contributed by atoms with Gasteiger partial charge in [0.15, 0.2) is 18.0 Å². The molecule has 2 aromatic rings. The molecule has 0 unspecified atom stereocenters. The fraction of sp³-hybridized carbons (Fsp3) is 0.250. The minimum Gasteiger partial charge on any atom is -0.169 e. The molecule has 136 valence electrons. The van der Waals surface area contributed by atoms with Gasteiger partial charge in [-0.05, 0) is 39.7 Å². The Hall–Kier alpha value is -2.78. The molecule has 27 heavy (non-hydrogen) atoms. The van der Waals surface area contributed by atoms with Gasteiger partial charge in [-0.25, -0.2) is 0 Å². The molecule has 0 aromatic heterocycles. The van der Waals surface area contributed by atoms with Crippen LogP contribution in [0.2, 0.25) is 0 Å². The van der Waals surface area contributed by atoms with Crippen LogP contribution in [0.5, 0.6) is 0 Å². The third kappa shape index (κ3) is 2.00. The van der Waals surface area contributed by atoms with Crippen molar-refractivity contribution in [3.05, 3.63) is 94.4 Å². The van der Waals surface area contributed by atoms with E-state index in [0.29, 0.717) is 4.70 Å². The van der Waals surface area contributed by atoms with Gasteiger partial charge in [0, 0.05) is 22.3 Å². The van der Waals surface area contributed by atoms with E-state index >= 15 is 0 Å². The maximum absolute atomic E-state index is 2.56. The van der Waals surface area contributed by atoms with Gasteiger partial charge >= 0.3 is 0 Å². The van der Waals surface area contributed by atoms with Crippen molar-refractivity contribution in [2.45, 2.75) is 34.1 Å². The average molecular weight is 356 g/mol. The number of hydrogen-bond acceptors (Lipinski definition) is 2. The summed E-state index contributed by atoms with van der Waals surface area (Å²) in [7, 11) is 0. The Kier molecular flexibility index (Phi) is 3.40. The van der Waals surface area contributed by atoms with E-state index in [0.717, 1.165) is 13.1 Å². The molecule has 3 nitrogen and oxygen atoms in total. The molecule has 0 atom stereocenters. The van der Waals surface area contributed by atoms with E-state index in [1.165, 1.54) is 44.9 Å². The highest BCUT2D eigenvalue weighted by Gasteiger charge is 2.63. The summed E-state index contributed by atoms with van der Waals surface area (Å²) in [5.74, 6) is 0. The molecule has 0 N–H and O–H groups in total. The average Bonchev–Trinajstić information content (AvgIpc) is 3.34. The molecule has 4 aliphatic rings. The molecule has 1 saturated heterocycles. The van der Waals surface area contributed by atoms with Crippen LogP contribution >= 0.6 is 0 Å². The topological polar surface area (TPSA) is 6.48 Å². The Morgan fingerprint density at radius 1 is 0.815 bits per heavy atom. The number of nitrogens with zero attached hydrogens (tertiary/aromatic N) is 3. The van der Waals surface area contributed by atoms with Crippen LogP contribution in [-0.4, -0.2) is 16.7 Å². The summed E-state index contributed by atoms with van der Waals surface area (Å²) in [5.41, 5.74) is 10.8. The van der Waals surface area contributed by atoms with Crippen LogP contribution in [0.25, 0.3) is 0 Å². The van der Waals surface area contributed by atoms with E-state index in [2.05, 4.69) is 98.5 Å². The first-order valence-electron chi connectivity index (χ1n) is 9.71. The molecule has 6 rings (SSSR count). The van der Waals surface area contributed by atoms with Crippen LogP contribution in [0.15, 0.2) is 72.1 Å². The first-order valence-corrected chi connectivity index (χ1v) is 9.71. The molecule has 3 aliphatic heterocycles. The minimum atomic E-state index is 0.670. The maximum Gasteiger partial charge on any atom is 0.194 e. The Balaban J connectivity index is 1.78. The van der Waals surface area contributed by atoms with Crippen molar-refractivity contribution in [3.8, 4) is 0 Å². The zero-order valence-corrected chi connectivity index (χ0v) is 16.5. The van der Waals surface area contributed by atoms with Crippen molar-refractivity contribution in [1.82, 2.24) is 14.7 Å². The van der Waals surface area contributed by atoms with Gasteiger partial charge in [0.1, 0.15) is 5.70 Å². The summed E-state index contributed by atoms with van der Waals surface area (Å²) < 4.78 is 0.670. The number of allylic oxidation sites excluding steroid dienone is 4. The SMILES string of the molecule is Cc1cccc(C)c1[N+]1(c2c(C)cccc2C)N2C=C(C3=CC=CC3)N1C2. The van der Waals surface area contributed by atoms with Crippen molar-refractivity contribution >= 4 is 11.4 Å². The number of quaternary nitrogens is 1. The van der Waals surface area contributed by atoms with E-state index < -0.39 is 0 Å². The maximum atomic E-state index is 2.56. The van der Waals surface area contributed by atoms with Crippen LogP contribution in [0.1, 0.15) is 28.7 Å². The molecular formula is C24H26N3+.